The zero-order valence-corrected chi connectivity index (χ0v) is 16.8. The minimum Gasteiger partial charge on any atom is -0.271 e. The predicted octanol–water partition coefficient (Wildman–Crippen LogP) is 3.63. The Kier molecular flexibility index (Phi) is 6.46. The van der Waals surface area contributed by atoms with E-state index >= 15 is 0 Å². The molecule has 1 aliphatic rings. The van der Waals surface area contributed by atoms with Gasteiger partial charge in [0.2, 0.25) is 0 Å². The van der Waals surface area contributed by atoms with E-state index in [0.717, 1.165) is 41.3 Å². The molecular formula is C21H25N3O3S. The molecule has 6 nitrogen and oxygen atoms in total. The number of nitrogens with one attached hydrogen (secondary N) is 1. The number of benzene rings is 2. The molecule has 3 rings (SSSR count). The first-order valence-electron chi connectivity index (χ1n) is 9.45. The van der Waals surface area contributed by atoms with Crippen molar-refractivity contribution in [2.45, 2.75) is 43.9 Å². The average molecular weight is 400 g/mol. The van der Waals surface area contributed by atoms with Gasteiger partial charge in [0, 0.05) is 5.71 Å². The Bertz CT molecular complexity index is 931. The van der Waals surface area contributed by atoms with Gasteiger partial charge in [-0.15, -0.1) is 0 Å². The largest absolute Gasteiger partial charge is 0.271 e. The highest BCUT2D eigenvalue weighted by Gasteiger charge is 2.27. The average Bonchev–Trinajstić information content (AvgIpc) is 2.72. The lowest BCUT2D eigenvalue weighted by atomic mass is 9.99. The van der Waals surface area contributed by atoms with E-state index in [-0.39, 0.29) is 11.4 Å². The van der Waals surface area contributed by atoms with Crippen LogP contribution < -0.4 is 9.73 Å². The summed E-state index contributed by atoms with van der Waals surface area (Å²) in [6, 6.07) is 15.2. The minimum atomic E-state index is -3.88. The molecule has 1 fully saturated rings. The fourth-order valence-corrected chi connectivity index (χ4v) is 4.57. The van der Waals surface area contributed by atoms with E-state index in [0.29, 0.717) is 5.69 Å². The van der Waals surface area contributed by atoms with Crippen LogP contribution >= 0.6 is 0 Å². The minimum absolute atomic E-state index is 0.141. The van der Waals surface area contributed by atoms with Crippen molar-refractivity contribution in [2.24, 2.45) is 5.10 Å². The van der Waals surface area contributed by atoms with Gasteiger partial charge in [0.25, 0.3) is 15.9 Å². The predicted molar refractivity (Wildman–Crippen MR) is 111 cm³/mol. The van der Waals surface area contributed by atoms with E-state index in [9.17, 15) is 13.2 Å². The monoisotopic (exact) mass is 399 g/mol. The van der Waals surface area contributed by atoms with Gasteiger partial charge < -0.3 is 0 Å². The third-order valence-electron chi connectivity index (χ3n) is 4.71. The quantitative estimate of drug-likeness (QED) is 0.754. The fourth-order valence-electron chi connectivity index (χ4n) is 3.12. The standard InChI is InChI=1S/C21H25N3O3S/c1-17-12-14-19(15-13-17)24(28(26,27)20-10-6-3-7-11-20)16-21(25)23-22-18-8-4-2-5-9-18/h3,6-7,10-15H,2,4-5,8-9,16H2,1H3,(H,23,25). The third kappa shape index (κ3) is 4.98. The molecule has 2 aromatic carbocycles. The maximum Gasteiger partial charge on any atom is 0.264 e. The van der Waals surface area contributed by atoms with Crippen molar-refractivity contribution >= 4 is 27.3 Å². The SMILES string of the molecule is Cc1ccc(N(CC(=O)NN=C2CCCCC2)S(=O)(=O)c2ccccc2)cc1. The van der Waals surface area contributed by atoms with Gasteiger partial charge in [-0.3, -0.25) is 9.10 Å². The van der Waals surface area contributed by atoms with Crippen LogP contribution in [-0.2, 0) is 14.8 Å². The number of hydrogen-bond acceptors (Lipinski definition) is 4. The summed E-state index contributed by atoms with van der Waals surface area (Å²) >= 11 is 0. The zero-order chi connectivity index (χ0) is 20.0. The van der Waals surface area contributed by atoms with Crippen molar-refractivity contribution < 1.29 is 13.2 Å². The lowest BCUT2D eigenvalue weighted by Crippen LogP contribution is -2.39. The molecule has 0 atom stereocenters. The molecule has 0 saturated heterocycles. The number of anilines is 1. The molecule has 0 aromatic heterocycles. The van der Waals surface area contributed by atoms with E-state index in [1.807, 2.05) is 19.1 Å². The molecule has 1 aliphatic carbocycles. The van der Waals surface area contributed by atoms with Gasteiger partial charge in [-0.05, 0) is 56.9 Å². The van der Waals surface area contributed by atoms with Crippen LogP contribution in [-0.4, -0.2) is 26.6 Å². The Morgan fingerprint density at radius 3 is 2.29 bits per heavy atom. The summed E-state index contributed by atoms with van der Waals surface area (Å²) in [5.41, 5.74) is 4.94. The lowest BCUT2D eigenvalue weighted by Gasteiger charge is -2.24. The Hall–Kier alpha value is -2.67. The Balaban J connectivity index is 1.84. The van der Waals surface area contributed by atoms with Gasteiger partial charge in [-0.1, -0.05) is 42.3 Å². The van der Waals surface area contributed by atoms with E-state index < -0.39 is 15.9 Å². The Labute approximate surface area is 166 Å². The van der Waals surface area contributed by atoms with Crippen molar-refractivity contribution in [2.75, 3.05) is 10.8 Å². The van der Waals surface area contributed by atoms with Crippen LogP contribution in [0.3, 0.4) is 0 Å². The fraction of sp³-hybridized carbons (Fsp3) is 0.333. The van der Waals surface area contributed by atoms with Gasteiger partial charge in [-0.2, -0.15) is 5.10 Å². The van der Waals surface area contributed by atoms with Crippen molar-refractivity contribution in [1.29, 1.82) is 0 Å². The molecule has 0 heterocycles. The summed E-state index contributed by atoms with van der Waals surface area (Å²) in [6.07, 6.45) is 5.09. The van der Waals surface area contributed by atoms with Crippen LogP contribution in [0.15, 0.2) is 64.6 Å². The number of nitrogens with zero attached hydrogens (tertiary/aromatic N) is 2. The summed E-state index contributed by atoms with van der Waals surface area (Å²) in [5, 5.41) is 4.19. The Morgan fingerprint density at radius 1 is 1.00 bits per heavy atom. The van der Waals surface area contributed by atoms with Crippen molar-refractivity contribution in [1.82, 2.24) is 5.43 Å². The first kappa shape index (κ1) is 20.1. The maximum absolute atomic E-state index is 13.2. The number of hydrazone groups is 1. The van der Waals surface area contributed by atoms with Crippen LogP contribution in [0.25, 0.3) is 0 Å². The van der Waals surface area contributed by atoms with Crippen molar-refractivity contribution in [3.05, 3.63) is 60.2 Å². The molecule has 0 aliphatic heterocycles. The third-order valence-corrected chi connectivity index (χ3v) is 6.50. The molecule has 7 heteroatoms. The maximum atomic E-state index is 13.2. The highest BCUT2D eigenvalue weighted by atomic mass is 32.2. The number of hydrogen-bond donors (Lipinski definition) is 1. The summed E-state index contributed by atoms with van der Waals surface area (Å²) in [5.74, 6) is -0.460. The lowest BCUT2D eigenvalue weighted by molar-refractivity contribution is -0.119. The summed E-state index contributed by atoms with van der Waals surface area (Å²) in [7, 11) is -3.88. The first-order valence-corrected chi connectivity index (χ1v) is 10.9. The van der Waals surface area contributed by atoms with E-state index in [2.05, 4.69) is 10.5 Å². The van der Waals surface area contributed by atoms with E-state index in [1.54, 1.807) is 30.3 Å². The summed E-state index contributed by atoms with van der Waals surface area (Å²) in [4.78, 5) is 12.6. The summed E-state index contributed by atoms with van der Waals surface area (Å²) in [6.45, 7) is 1.59. The number of carbonyl (C=O) groups is 1. The van der Waals surface area contributed by atoms with E-state index in [1.165, 1.54) is 18.6 Å². The molecule has 0 unspecified atom stereocenters. The van der Waals surface area contributed by atoms with Gasteiger partial charge in [0.05, 0.1) is 10.6 Å². The van der Waals surface area contributed by atoms with Crippen LogP contribution in [0.5, 0.6) is 0 Å². The smallest absolute Gasteiger partial charge is 0.264 e. The Morgan fingerprint density at radius 2 is 1.64 bits per heavy atom. The molecule has 1 amide bonds. The number of rotatable bonds is 6. The van der Waals surface area contributed by atoms with Crippen LogP contribution in [0.4, 0.5) is 5.69 Å². The van der Waals surface area contributed by atoms with Crippen molar-refractivity contribution in [3.63, 3.8) is 0 Å². The van der Waals surface area contributed by atoms with Crippen LogP contribution in [0.1, 0.15) is 37.7 Å². The van der Waals surface area contributed by atoms with Crippen LogP contribution in [0, 0.1) is 6.92 Å². The number of aryl methyl sites for hydroxylation is 1. The molecule has 1 N–H and O–H groups in total. The molecule has 148 valence electrons. The van der Waals surface area contributed by atoms with Crippen LogP contribution in [0.2, 0.25) is 0 Å². The molecule has 0 radical (unpaired) electrons. The molecule has 2 aromatic rings. The molecule has 0 spiro atoms. The first-order chi connectivity index (χ1) is 13.5. The highest BCUT2D eigenvalue weighted by Crippen LogP contribution is 2.24. The second kappa shape index (κ2) is 9.01. The molecular weight excluding hydrogens is 374 g/mol. The molecule has 1 saturated carbocycles. The normalized spacial score (nSPS) is 14.4. The van der Waals surface area contributed by atoms with Gasteiger partial charge >= 0.3 is 0 Å². The zero-order valence-electron chi connectivity index (χ0n) is 16.0. The van der Waals surface area contributed by atoms with Gasteiger partial charge in [0.15, 0.2) is 0 Å². The summed E-state index contributed by atoms with van der Waals surface area (Å²) < 4.78 is 27.5. The van der Waals surface area contributed by atoms with Gasteiger partial charge in [0.1, 0.15) is 6.54 Å². The topological polar surface area (TPSA) is 78.8 Å². The number of carbonyl (C=O) groups excluding carboxylic acids is 1. The molecule has 0 bridgehead atoms. The van der Waals surface area contributed by atoms with Crippen molar-refractivity contribution in [3.8, 4) is 0 Å². The number of sulfonamides is 1. The number of amides is 1. The molecule has 28 heavy (non-hydrogen) atoms. The van der Waals surface area contributed by atoms with E-state index in [4.69, 9.17) is 0 Å². The second-order valence-electron chi connectivity index (χ2n) is 6.93. The van der Waals surface area contributed by atoms with Gasteiger partial charge in [-0.25, -0.2) is 13.8 Å². The second-order valence-corrected chi connectivity index (χ2v) is 8.80. The highest BCUT2D eigenvalue weighted by molar-refractivity contribution is 7.92.